The lowest BCUT2D eigenvalue weighted by Crippen LogP contribution is -2.51. The van der Waals surface area contributed by atoms with Gasteiger partial charge in [-0.05, 0) is 49.1 Å². The highest BCUT2D eigenvalue weighted by Gasteiger charge is 2.25. The van der Waals surface area contributed by atoms with Crippen molar-refractivity contribution in [1.82, 2.24) is 10.6 Å². The van der Waals surface area contributed by atoms with Gasteiger partial charge >= 0.3 is 11.6 Å². The van der Waals surface area contributed by atoms with Crippen LogP contribution in [0.25, 0.3) is 22.1 Å². The lowest BCUT2D eigenvalue weighted by atomic mass is 10.0. The number of carboxylic acid groups (broad SMARTS) is 1. The van der Waals surface area contributed by atoms with Crippen LogP contribution >= 0.6 is 0 Å². The molecule has 33 heavy (non-hydrogen) atoms. The van der Waals surface area contributed by atoms with E-state index in [0.717, 1.165) is 5.39 Å². The summed E-state index contributed by atoms with van der Waals surface area (Å²) in [5.74, 6) is -2.17. The van der Waals surface area contributed by atoms with E-state index in [2.05, 4.69) is 10.6 Å². The molecule has 0 aliphatic rings. The molecule has 1 aromatic heterocycles. The molecule has 172 valence electrons. The molecule has 0 bridgehead atoms. The van der Waals surface area contributed by atoms with Crippen LogP contribution in [0.1, 0.15) is 37.6 Å². The average molecular weight is 450 g/mol. The van der Waals surface area contributed by atoms with E-state index in [1.54, 1.807) is 42.5 Å². The highest BCUT2D eigenvalue weighted by molar-refractivity contribution is 5.99. The van der Waals surface area contributed by atoms with Crippen LogP contribution in [0.2, 0.25) is 0 Å². The molecule has 2 atom stereocenters. The second-order valence-electron chi connectivity index (χ2n) is 8.29. The molecule has 0 saturated heterocycles. The van der Waals surface area contributed by atoms with Crippen molar-refractivity contribution in [2.24, 2.45) is 5.92 Å². The SMILES string of the molecule is CC(C)CC(NC(=O)c1cccc(-c2cc3ccccc3oc2=O)c1)C(=O)NC(C)C(=O)O. The van der Waals surface area contributed by atoms with E-state index in [1.807, 2.05) is 26.0 Å². The van der Waals surface area contributed by atoms with Gasteiger partial charge in [-0.25, -0.2) is 4.79 Å². The zero-order valence-corrected chi connectivity index (χ0v) is 18.6. The van der Waals surface area contributed by atoms with Crippen LogP contribution in [-0.2, 0) is 9.59 Å². The minimum Gasteiger partial charge on any atom is -0.480 e. The van der Waals surface area contributed by atoms with Crippen LogP contribution in [0.3, 0.4) is 0 Å². The number of benzene rings is 2. The quantitative estimate of drug-likeness (QED) is 0.453. The highest BCUT2D eigenvalue weighted by Crippen LogP contribution is 2.22. The Morgan fingerprint density at radius 1 is 0.970 bits per heavy atom. The summed E-state index contributed by atoms with van der Waals surface area (Å²) >= 11 is 0. The fourth-order valence-electron chi connectivity index (χ4n) is 3.41. The predicted octanol–water partition coefficient (Wildman–Crippen LogP) is 3.19. The summed E-state index contributed by atoms with van der Waals surface area (Å²) in [5, 5.41) is 14.9. The van der Waals surface area contributed by atoms with Gasteiger partial charge < -0.3 is 20.2 Å². The van der Waals surface area contributed by atoms with Crippen molar-refractivity contribution in [2.75, 3.05) is 0 Å². The van der Waals surface area contributed by atoms with Gasteiger partial charge in [0.15, 0.2) is 0 Å². The van der Waals surface area contributed by atoms with Crippen molar-refractivity contribution in [2.45, 2.75) is 39.3 Å². The van der Waals surface area contributed by atoms with Crippen molar-refractivity contribution in [3.05, 3.63) is 70.6 Å². The van der Waals surface area contributed by atoms with E-state index in [4.69, 9.17) is 9.52 Å². The van der Waals surface area contributed by atoms with Gasteiger partial charge in [-0.15, -0.1) is 0 Å². The number of hydrogen-bond donors (Lipinski definition) is 3. The molecule has 0 aliphatic carbocycles. The molecule has 2 unspecified atom stereocenters. The Bertz CT molecular complexity index is 1250. The predicted molar refractivity (Wildman–Crippen MR) is 124 cm³/mol. The number of carboxylic acids is 1. The molecule has 3 rings (SSSR count). The maximum Gasteiger partial charge on any atom is 0.344 e. The van der Waals surface area contributed by atoms with Gasteiger partial charge in [0.2, 0.25) is 5.91 Å². The standard InChI is InChI=1S/C25H26N2O6/c1-14(2)11-20(23(29)26-15(3)24(30)31)27-22(28)18-9-6-8-16(12-18)19-13-17-7-4-5-10-21(17)33-25(19)32/h4-10,12-15,20H,11H2,1-3H3,(H,26,29)(H,27,28)(H,30,31). The molecular formula is C25H26N2O6. The van der Waals surface area contributed by atoms with Gasteiger partial charge in [0, 0.05) is 10.9 Å². The van der Waals surface area contributed by atoms with Crippen LogP contribution < -0.4 is 16.3 Å². The lowest BCUT2D eigenvalue weighted by molar-refractivity contribution is -0.141. The molecule has 3 N–H and O–H groups in total. The first-order valence-corrected chi connectivity index (χ1v) is 10.6. The number of aliphatic carboxylic acids is 1. The third-order valence-electron chi connectivity index (χ3n) is 5.14. The van der Waals surface area contributed by atoms with Gasteiger partial charge in [-0.2, -0.15) is 0 Å². The smallest absolute Gasteiger partial charge is 0.344 e. The highest BCUT2D eigenvalue weighted by atomic mass is 16.4. The Morgan fingerprint density at radius 2 is 1.70 bits per heavy atom. The first kappa shape index (κ1) is 23.7. The van der Waals surface area contributed by atoms with Gasteiger partial charge in [0.05, 0.1) is 5.56 Å². The average Bonchev–Trinajstić information content (AvgIpc) is 2.77. The third-order valence-corrected chi connectivity index (χ3v) is 5.14. The molecule has 0 fully saturated rings. The molecule has 8 nitrogen and oxygen atoms in total. The topological polar surface area (TPSA) is 126 Å². The van der Waals surface area contributed by atoms with Gasteiger partial charge in [-0.3, -0.25) is 14.4 Å². The van der Waals surface area contributed by atoms with Crippen LogP contribution in [0.4, 0.5) is 0 Å². The van der Waals surface area contributed by atoms with E-state index in [-0.39, 0.29) is 11.5 Å². The number of fused-ring (bicyclic) bond motifs is 1. The van der Waals surface area contributed by atoms with Crippen LogP contribution in [0.15, 0.2) is 63.8 Å². The molecule has 0 spiro atoms. The fourth-order valence-corrected chi connectivity index (χ4v) is 3.41. The Balaban J connectivity index is 1.86. The van der Waals surface area contributed by atoms with Gasteiger partial charge in [0.25, 0.3) is 5.91 Å². The molecule has 2 aromatic carbocycles. The second kappa shape index (κ2) is 10.1. The number of hydrogen-bond acceptors (Lipinski definition) is 5. The zero-order chi connectivity index (χ0) is 24.1. The molecule has 2 amide bonds. The first-order valence-electron chi connectivity index (χ1n) is 10.6. The van der Waals surface area contributed by atoms with Crippen molar-refractivity contribution in [3.8, 4) is 11.1 Å². The maximum atomic E-state index is 12.9. The van der Waals surface area contributed by atoms with Gasteiger partial charge in [-0.1, -0.05) is 44.2 Å². The molecule has 0 radical (unpaired) electrons. The molecule has 0 saturated carbocycles. The number of nitrogens with one attached hydrogen (secondary N) is 2. The number of amides is 2. The number of carbonyl (C=O) groups is 3. The maximum absolute atomic E-state index is 12.9. The van der Waals surface area contributed by atoms with E-state index >= 15 is 0 Å². The summed E-state index contributed by atoms with van der Waals surface area (Å²) in [6.07, 6.45) is 0.331. The first-order chi connectivity index (χ1) is 15.7. The van der Waals surface area contributed by atoms with Crippen LogP contribution in [-0.4, -0.2) is 35.0 Å². The minimum atomic E-state index is -1.17. The lowest BCUT2D eigenvalue weighted by Gasteiger charge is -2.21. The Hall–Kier alpha value is -3.94. The number of carbonyl (C=O) groups excluding carboxylic acids is 2. The monoisotopic (exact) mass is 450 g/mol. The van der Waals surface area contributed by atoms with Crippen LogP contribution in [0.5, 0.6) is 0 Å². The zero-order valence-electron chi connectivity index (χ0n) is 18.6. The van der Waals surface area contributed by atoms with E-state index in [9.17, 15) is 19.2 Å². The second-order valence-corrected chi connectivity index (χ2v) is 8.29. The van der Waals surface area contributed by atoms with E-state index in [1.165, 1.54) is 6.92 Å². The minimum absolute atomic E-state index is 0.0785. The largest absolute Gasteiger partial charge is 0.480 e. The van der Waals surface area contributed by atoms with Crippen molar-refractivity contribution < 1.29 is 23.9 Å². The van der Waals surface area contributed by atoms with Crippen molar-refractivity contribution in [1.29, 1.82) is 0 Å². The van der Waals surface area contributed by atoms with E-state index in [0.29, 0.717) is 23.1 Å². The molecule has 0 aliphatic heterocycles. The Morgan fingerprint density at radius 3 is 2.39 bits per heavy atom. The Labute approximate surface area is 190 Å². The van der Waals surface area contributed by atoms with Crippen molar-refractivity contribution >= 4 is 28.8 Å². The summed E-state index contributed by atoms with van der Waals surface area (Å²) in [6, 6.07) is 13.3. The van der Waals surface area contributed by atoms with Crippen molar-refractivity contribution in [3.63, 3.8) is 0 Å². The van der Waals surface area contributed by atoms with Gasteiger partial charge in [0.1, 0.15) is 17.7 Å². The summed E-state index contributed by atoms with van der Waals surface area (Å²) in [5.41, 5.74) is 1.03. The summed E-state index contributed by atoms with van der Waals surface area (Å²) in [6.45, 7) is 5.15. The molecule has 8 heteroatoms. The van der Waals surface area contributed by atoms with E-state index < -0.39 is 35.5 Å². The molecule has 3 aromatic rings. The summed E-state index contributed by atoms with van der Waals surface area (Å²) < 4.78 is 5.39. The fraction of sp³-hybridized carbons (Fsp3) is 0.280. The molecular weight excluding hydrogens is 424 g/mol. The number of para-hydroxylation sites is 1. The Kier molecular flexibility index (Phi) is 7.27. The van der Waals surface area contributed by atoms with Crippen LogP contribution in [0, 0.1) is 5.92 Å². The molecule has 1 heterocycles. The normalized spacial score (nSPS) is 12.8. The summed E-state index contributed by atoms with van der Waals surface area (Å²) in [7, 11) is 0. The third kappa shape index (κ3) is 5.85. The number of rotatable bonds is 8. The summed E-state index contributed by atoms with van der Waals surface area (Å²) in [4.78, 5) is 49.1.